The fourth-order valence-corrected chi connectivity index (χ4v) is 3.59. The molecule has 8 nitrogen and oxygen atoms in total. The standard InChI is InChI=1S/C22H26N4O4/c1-16-7-8-19(20(13-16)26(29)30)24-22(28)21(27)23-14-17-9-11-25(12-10-17)15-18-5-3-2-4-6-18/h2-8,13,17H,9-12,14-15H2,1H3,(H,23,27)(H,24,28). The highest BCUT2D eigenvalue weighted by Crippen LogP contribution is 2.25. The van der Waals surface area contributed by atoms with E-state index in [9.17, 15) is 19.7 Å². The lowest BCUT2D eigenvalue weighted by atomic mass is 9.96. The number of nitro benzene ring substituents is 1. The molecule has 0 atom stereocenters. The second-order valence-electron chi connectivity index (χ2n) is 7.65. The van der Waals surface area contributed by atoms with Crippen LogP contribution in [0.5, 0.6) is 0 Å². The van der Waals surface area contributed by atoms with Gasteiger partial charge in [0.15, 0.2) is 0 Å². The minimum Gasteiger partial charge on any atom is -0.348 e. The highest BCUT2D eigenvalue weighted by Gasteiger charge is 2.23. The van der Waals surface area contributed by atoms with Crippen molar-refractivity contribution in [1.82, 2.24) is 10.2 Å². The number of carbonyl (C=O) groups excluding carboxylic acids is 2. The first kappa shape index (κ1) is 21.4. The van der Waals surface area contributed by atoms with Crippen molar-refractivity contribution in [3.05, 3.63) is 69.8 Å². The van der Waals surface area contributed by atoms with Gasteiger partial charge in [-0.1, -0.05) is 36.4 Å². The average Bonchev–Trinajstić information content (AvgIpc) is 2.74. The number of carbonyl (C=O) groups is 2. The molecular weight excluding hydrogens is 384 g/mol. The second-order valence-corrected chi connectivity index (χ2v) is 7.65. The fraction of sp³-hybridized carbons (Fsp3) is 0.364. The zero-order valence-corrected chi connectivity index (χ0v) is 17.0. The third kappa shape index (κ3) is 5.87. The maximum atomic E-state index is 12.1. The molecule has 1 aliphatic rings. The molecule has 0 spiro atoms. The Labute approximate surface area is 175 Å². The van der Waals surface area contributed by atoms with Gasteiger partial charge in [0.2, 0.25) is 0 Å². The molecule has 158 valence electrons. The molecule has 2 aromatic rings. The summed E-state index contributed by atoms with van der Waals surface area (Å²) in [6.07, 6.45) is 1.89. The van der Waals surface area contributed by atoms with Gasteiger partial charge in [-0.3, -0.25) is 24.6 Å². The summed E-state index contributed by atoms with van der Waals surface area (Å²) in [5, 5.41) is 16.1. The lowest BCUT2D eigenvalue weighted by molar-refractivity contribution is -0.384. The zero-order valence-electron chi connectivity index (χ0n) is 17.0. The number of anilines is 1. The Hall–Kier alpha value is -3.26. The molecule has 0 bridgehead atoms. The molecule has 0 aliphatic carbocycles. The SMILES string of the molecule is Cc1ccc(NC(=O)C(=O)NCC2CCN(Cc3ccccc3)CC2)c([N+](=O)[O-])c1. The van der Waals surface area contributed by atoms with E-state index in [1.165, 1.54) is 17.7 Å². The van der Waals surface area contributed by atoms with Crippen LogP contribution in [0.2, 0.25) is 0 Å². The van der Waals surface area contributed by atoms with Crippen LogP contribution in [-0.4, -0.2) is 41.3 Å². The van der Waals surface area contributed by atoms with Crippen LogP contribution in [0.4, 0.5) is 11.4 Å². The number of likely N-dealkylation sites (tertiary alicyclic amines) is 1. The molecule has 0 radical (unpaired) electrons. The number of nitro groups is 1. The summed E-state index contributed by atoms with van der Waals surface area (Å²) in [7, 11) is 0. The first-order valence-corrected chi connectivity index (χ1v) is 10.0. The fourth-order valence-electron chi connectivity index (χ4n) is 3.59. The summed E-state index contributed by atoms with van der Waals surface area (Å²) in [4.78, 5) is 37.2. The van der Waals surface area contributed by atoms with Crippen LogP contribution in [0.15, 0.2) is 48.5 Å². The average molecular weight is 410 g/mol. The third-order valence-corrected chi connectivity index (χ3v) is 5.31. The number of nitrogens with zero attached hydrogens (tertiary/aromatic N) is 2. The van der Waals surface area contributed by atoms with Gasteiger partial charge >= 0.3 is 11.8 Å². The Kier molecular flexibility index (Phi) is 7.13. The quantitative estimate of drug-likeness (QED) is 0.433. The molecule has 0 aromatic heterocycles. The van der Waals surface area contributed by atoms with Crippen molar-refractivity contribution >= 4 is 23.2 Å². The molecule has 1 heterocycles. The van der Waals surface area contributed by atoms with Crippen LogP contribution in [0, 0.1) is 23.0 Å². The molecule has 8 heteroatoms. The van der Waals surface area contributed by atoms with Crippen molar-refractivity contribution < 1.29 is 14.5 Å². The van der Waals surface area contributed by atoms with Gasteiger partial charge in [0.25, 0.3) is 5.69 Å². The zero-order chi connectivity index (χ0) is 21.5. The summed E-state index contributed by atoms with van der Waals surface area (Å²) in [5.74, 6) is -1.37. The first-order valence-electron chi connectivity index (χ1n) is 10.0. The van der Waals surface area contributed by atoms with Gasteiger partial charge in [0, 0.05) is 19.2 Å². The normalized spacial score (nSPS) is 14.8. The van der Waals surface area contributed by atoms with Crippen molar-refractivity contribution in [2.75, 3.05) is 25.0 Å². The van der Waals surface area contributed by atoms with E-state index < -0.39 is 16.7 Å². The lowest BCUT2D eigenvalue weighted by Crippen LogP contribution is -2.41. The minimum absolute atomic E-state index is 0.0139. The number of benzene rings is 2. The van der Waals surface area contributed by atoms with E-state index in [1.54, 1.807) is 13.0 Å². The van der Waals surface area contributed by atoms with Gasteiger partial charge in [-0.15, -0.1) is 0 Å². The maximum absolute atomic E-state index is 12.1. The molecule has 30 heavy (non-hydrogen) atoms. The maximum Gasteiger partial charge on any atom is 0.313 e. The molecule has 3 rings (SSSR count). The number of hydrogen-bond acceptors (Lipinski definition) is 5. The third-order valence-electron chi connectivity index (χ3n) is 5.31. The Morgan fingerprint density at radius 3 is 2.47 bits per heavy atom. The summed E-state index contributed by atoms with van der Waals surface area (Å²) >= 11 is 0. The monoisotopic (exact) mass is 410 g/mol. The molecule has 1 aliphatic heterocycles. The van der Waals surface area contributed by atoms with Crippen LogP contribution in [-0.2, 0) is 16.1 Å². The highest BCUT2D eigenvalue weighted by molar-refractivity contribution is 6.39. The molecule has 2 N–H and O–H groups in total. The van der Waals surface area contributed by atoms with Gasteiger partial charge in [0.05, 0.1) is 4.92 Å². The number of amides is 2. The molecule has 0 unspecified atom stereocenters. The molecule has 1 saturated heterocycles. The van der Waals surface area contributed by atoms with Crippen LogP contribution < -0.4 is 10.6 Å². The van der Waals surface area contributed by atoms with Crippen LogP contribution in [0.1, 0.15) is 24.0 Å². The highest BCUT2D eigenvalue weighted by atomic mass is 16.6. The van der Waals surface area contributed by atoms with E-state index in [2.05, 4.69) is 27.7 Å². The van der Waals surface area contributed by atoms with Crippen LogP contribution in [0.3, 0.4) is 0 Å². The molecule has 1 fully saturated rings. The van der Waals surface area contributed by atoms with Crippen LogP contribution in [0.25, 0.3) is 0 Å². The number of rotatable bonds is 6. The van der Waals surface area contributed by atoms with E-state index in [1.807, 2.05) is 18.2 Å². The number of nitrogens with one attached hydrogen (secondary N) is 2. The van der Waals surface area contributed by atoms with Crippen molar-refractivity contribution in [1.29, 1.82) is 0 Å². The van der Waals surface area contributed by atoms with E-state index >= 15 is 0 Å². The molecule has 2 amide bonds. The molecule has 0 saturated carbocycles. The van der Waals surface area contributed by atoms with Crippen LogP contribution >= 0.6 is 0 Å². The number of piperidine rings is 1. The van der Waals surface area contributed by atoms with Crippen molar-refractivity contribution in [2.45, 2.75) is 26.3 Å². The van der Waals surface area contributed by atoms with Gasteiger partial charge in [-0.2, -0.15) is 0 Å². The van der Waals surface area contributed by atoms with E-state index in [-0.39, 0.29) is 11.4 Å². The number of aryl methyl sites for hydroxylation is 1. The lowest BCUT2D eigenvalue weighted by Gasteiger charge is -2.32. The second kappa shape index (κ2) is 9.98. The topological polar surface area (TPSA) is 105 Å². The van der Waals surface area contributed by atoms with Crippen molar-refractivity contribution in [3.8, 4) is 0 Å². The van der Waals surface area contributed by atoms with Gasteiger partial charge in [-0.25, -0.2) is 0 Å². The molecular formula is C22H26N4O4. The number of hydrogen-bond donors (Lipinski definition) is 2. The minimum atomic E-state index is -0.900. The van der Waals surface area contributed by atoms with Crippen molar-refractivity contribution in [3.63, 3.8) is 0 Å². The van der Waals surface area contributed by atoms with E-state index in [0.29, 0.717) is 18.0 Å². The predicted octanol–water partition coefficient (Wildman–Crippen LogP) is 2.87. The van der Waals surface area contributed by atoms with Crippen molar-refractivity contribution in [2.24, 2.45) is 5.92 Å². The Morgan fingerprint density at radius 2 is 1.80 bits per heavy atom. The smallest absolute Gasteiger partial charge is 0.313 e. The largest absolute Gasteiger partial charge is 0.348 e. The predicted molar refractivity (Wildman–Crippen MR) is 114 cm³/mol. The summed E-state index contributed by atoms with van der Waals surface area (Å²) in [5.41, 5.74) is 1.76. The first-order chi connectivity index (χ1) is 14.4. The van der Waals surface area contributed by atoms with E-state index in [0.717, 1.165) is 32.5 Å². The Bertz CT molecular complexity index is 909. The summed E-state index contributed by atoms with van der Waals surface area (Å²) < 4.78 is 0. The summed E-state index contributed by atoms with van der Waals surface area (Å²) in [6, 6.07) is 14.7. The Balaban J connectivity index is 1.44. The van der Waals surface area contributed by atoms with Gasteiger partial charge in [0.1, 0.15) is 5.69 Å². The van der Waals surface area contributed by atoms with Gasteiger partial charge in [-0.05, 0) is 56.0 Å². The Morgan fingerprint density at radius 1 is 1.10 bits per heavy atom. The van der Waals surface area contributed by atoms with E-state index in [4.69, 9.17) is 0 Å². The molecule has 2 aromatic carbocycles. The van der Waals surface area contributed by atoms with Gasteiger partial charge < -0.3 is 10.6 Å². The summed E-state index contributed by atoms with van der Waals surface area (Å²) in [6.45, 7) is 4.93.